The van der Waals surface area contributed by atoms with Gasteiger partial charge in [0.25, 0.3) is 0 Å². The van der Waals surface area contributed by atoms with E-state index in [4.69, 9.17) is 26.8 Å². The van der Waals surface area contributed by atoms with E-state index in [1.54, 1.807) is 7.11 Å². The van der Waals surface area contributed by atoms with Crippen molar-refractivity contribution in [3.8, 4) is 17.1 Å². The van der Waals surface area contributed by atoms with Gasteiger partial charge in [0.05, 0.1) is 26.8 Å². The van der Waals surface area contributed by atoms with Crippen molar-refractivity contribution < 1.29 is 19.2 Å². The van der Waals surface area contributed by atoms with Crippen molar-refractivity contribution in [3.63, 3.8) is 0 Å². The minimum Gasteiger partial charge on any atom is -0.497 e. The van der Waals surface area contributed by atoms with Crippen LogP contribution in [0.3, 0.4) is 0 Å². The molecule has 3 rings (SSSR count). The first-order chi connectivity index (χ1) is 13.6. The van der Waals surface area contributed by atoms with Gasteiger partial charge in [-0.05, 0) is 63.2 Å². The van der Waals surface area contributed by atoms with Crippen LogP contribution in [0.15, 0.2) is 24.3 Å². The molecule has 1 aliphatic rings. The Morgan fingerprint density at radius 1 is 1.32 bits per heavy atom. The first-order valence-corrected chi connectivity index (χ1v) is 10.3. The van der Waals surface area contributed by atoms with Gasteiger partial charge in [-0.15, -0.1) is 5.10 Å². The molecule has 8 heteroatoms. The number of likely N-dealkylation sites (tertiary alicyclic amines) is 1. The monoisotopic (exact) mass is 405 g/mol. The number of aromatic nitrogens is 3. The Balaban J connectivity index is 1.80. The fourth-order valence-electron chi connectivity index (χ4n) is 3.75. The second kappa shape index (κ2) is 9.34. The lowest BCUT2D eigenvalue weighted by atomic mass is 9.99. The smallest absolute Gasteiger partial charge is 0.314 e. The maximum Gasteiger partial charge on any atom is 0.314 e. The summed E-state index contributed by atoms with van der Waals surface area (Å²) in [6.45, 7) is 7.53. The van der Waals surface area contributed by atoms with E-state index in [-0.39, 0.29) is 11.9 Å². The lowest BCUT2D eigenvalue weighted by Gasteiger charge is -2.28. The molecule has 2 atom stereocenters. The van der Waals surface area contributed by atoms with E-state index in [9.17, 15) is 4.79 Å². The summed E-state index contributed by atoms with van der Waals surface area (Å²) in [5.74, 6) is 1.55. The maximum absolute atomic E-state index is 12.1. The zero-order valence-corrected chi connectivity index (χ0v) is 17.6. The zero-order chi connectivity index (χ0) is 20.1. The minimum absolute atomic E-state index is 0.0350. The predicted octanol–water partition coefficient (Wildman–Crippen LogP) is 1.93. The SMILES string of the molecule is CCOC(=O)[C@@H]1CCC[NH+](Cn2nc(-c3ccc(OC)cc3)n(CC)c2=S)C1. The van der Waals surface area contributed by atoms with Crippen LogP contribution in [0, 0.1) is 10.7 Å². The van der Waals surface area contributed by atoms with Gasteiger partial charge >= 0.3 is 5.97 Å². The minimum atomic E-state index is -0.0821. The standard InChI is InChI=1S/C20H28N4O3S/c1-4-23-18(15-8-10-17(26-3)11-9-15)21-24(20(23)28)14-22-12-6-7-16(13-22)19(25)27-5-2/h8-11,16H,4-7,12-14H2,1-3H3/p+1/t16-/m1/s1. The number of methoxy groups -OCH3 is 1. The Hall–Kier alpha value is -2.19. The molecule has 0 amide bonds. The van der Waals surface area contributed by atoms with Crippen molar-refractivity contribution in [1.29, 1.82) is 0 Å². The van der Waals surface area contributed by atoms with Crippen molar-refractivity contribution in [2.45, 2.75) is 39.9 Å². The number of rotatable bonds is 7. The largest absolute Gasteiger partial charge is 0.497 e. The third-order valence-electron chi connectivity index (χ3n) is 5.20. The summed E-state index contributed by atoms with van der Waals surface area (Å²) < 4.78 is 15.1. The predicted molar refractivity (Wildman–Crippen MR) is 109 cm³/mol. The maximum atomic E-state index is 12.1. The molecule has 1 aromatic heterocycles. The second-order valence-corrected chi connectivity index (χ2v) is 7.40. The highest BCUT2D eigenvalue weighted by Crippen LogP contribution is 2.21. The highest BCUT2D eigenvalue weighted by molar-refractivity contribution is 7.71. The van der Waals surface area contributed by atoms with Crippen LogP contribution >= 0.6 is 12.2 Å². The molecule has 7 nitrogen and oxygen atoms in total. The van der Waals surface area contributed by atoms with Crippen molar-refractivity contribution in [1.82, 2.24) is 14.3 Å². The number of hydrogen-bond acceptors (Lipinski definition) is 5. The molecule has 1 aromatic carbocycles. The summed E-state index contributed by atoms with van der Waals surface area (Å²) >= 11 is 5.69. The Bertz CT molecular complexity index is 859. The van der Waals surface area contributed by atoms with Crippen LogP contribution in [0.2, 0.25) is 0 Å². The number of ether oxygens (including phenoxy) is 2. The highest BCUT2D eigenvalue weighted by atomic mass is 32.1. The van der Waals surface area contributed by atoms with Gasteiger partial charge in [-0.25, -0.2) is 0 Å². The van der Waals surface area contributed by atoms with Crippen LogP contribution in [0.1, 0.15) is 26.7 Å². The third-order valence-corrected chi connectivity index (χ3v) is 5.63. The summed E-state index contributed by atoms with van der Waals surface area (Å²) in [5, 5.41) is 4.80. The second-order valence-electron chi connectivity index (χ2n) is 7.03. The van der Waals surface area contributed by atoms with Crippen LogP contribution in [0.5, 0.6) is 5.75 Å². The summed E-state index contributed by atoms with van der Waals surface area (Å²) in [5.41, 5.74) is 1.01. The average Bonchev–Trinajstić information content (AvgIpc) is 3.03. The van der Waals surface area contributed by atoms with E-state index in [0.717, 1.165) is 49.6 Å². The summed E-state index contributed by atoms with van der Waals surface area (Å²) in [6, 6.07) is 7.85. The van der Waals surface area contributed by atoms with E-state index in [2.05, 4.69) is 6.92 Å². The first-order valence-electron chi connectivity index (χ1n) is 9.89. The molecule has 152 valence electrons. The molecule has 1 fully saturated rings. The number of quaternary nitrogens is 1. The fourth-order valence-corrected chi connectivity index (χ4v) is 4.07. The van der Waals surface area contributed by atoms with E-state index >= 15 is 0 Å². The Kier molecular flexibility index (Phi) is 6.85. The number of nitrogens with one attached hydrogen (secondary N) is 1. The van der Waals surface area contributed by atoms with Gasteiger partial charge in [0.15, 0.2) is 12.5 Å². The third kappa shape index (κ3) is 4.44. The Labute approximate surface area is 170 Å². The average molecular weight is 406 g/mol. The van der Waals surface area contributed by atoms with Crippen molar-refractivity contribution in [2.24, 2.45) is 5.92 Å². The number of piperidine rings is 1. The first kappa shape index (κ1) is 20.5. The van der Waals surface area contributed by atoms with Gasteiger partial charge in [-0.2, -0.15) is 4.68 Å². The Morgan fingerprint density at radius 3 is 2.71 bits per heavy atom. The lowest BCUT2D eigenvalue weighted by Crippen LogP contribution is -3.13. The molecule has 0 radical (unpaired) electrons. The number of carbonyl (C=O) groups is 1. The molecule has 28 heavy (non-hydrogen) atoms. The lowest BCUT2D eigenvalue weighted by molar-refractivity contribution is -0.930. The van der Waals surface area contributed by atoms with Crippen LogP contribution in [-0.2, 0) is 22.7 Å². The van der Waals surface area contributed by atoms with Gasteiger partial charge in [0, 0.05) is 12.1 Å². The number of nitrogens with zero attached hydrogens (tertiary/aromatic N) is 3. The fraction of sp³-hybridized carbons (Fsp3) is 0.550. The molecule has 0 bridgehead atoms. The molecule has 0 saturated carbocycles. The molecule has 1 N–H and O–H groups in total. The van der Waals surface area contributed by atoms with E-state index < -0.39 is 0 Å². The van der Waals surface area contributed by atoms with Crippen LogP contribution in [0.4, 0.5) is 0 Å². The number of carbonyl (C=O) groups excluding carboxylic acids is 1. The van der Waals surface area contributed by atoms with Gasteiger partial charge < -0.3 is 18.9 Å². The van der Waals surface area contributed by atoms with Gasteiger partial charge in [-0.3, -0.25) is 4.79 Å². The van der Waals surface area contributed by atoms with Crippen LogP contribution in [-0.4, -0.2) is 47.1 Å². The normalized spacial score (nSPS) is 19.4. The van der Waals surface area contributed by atoms with E-state index in [1.807, 2.05) is 40.4 Å². The zero-order valence-electron chi connectivity index (χ0n) is 16.8. The molecule has 0 aliphatic carbocycles. The molecular formula is C20H29N4O3S+. The highest BCUT2D eigenvalue weighted by Gasteiger charge is 2.30. The number of hydrogen-bond donors (Lipinski definition) is 1. The Morgan fingerprint density at radius 2 is 2.07 bits per heavy atom. The number of esters is 1. The molecule has 1 unspecified atom stereocenters. The summed E-state index contributed by atoms with van der Waals surface area (Å²) in [4.78, 5) is 13.4. The van der Waals surface area contributed by atoms with Crippen LogP contribution < -0.4 is 9.64 Å². The molecule has 2 heterocycles. The van der Waals surface area contributed by atoms with Crippen molar-refractivity contribution in [3.05, 3.63) is 29.0 Å². The summed E-state index contributed by atoms with van der Waals surface area (Å²) in [6.07, 6.45) is 1.90. The quantitative estimate of drug-likeness (QED) is 0.563. The molecular weight excluding hydrogens is 376 g/mol. The summed E-state index contributed by atoms with van der Waals surface area (Å²) in [7, 11) is 1.66. The van der Waals surface area contributed by atoms with Gasteiger partial charge in [0.1, 0.15) is 11.7 Å². The molecule has 2 aromatic rings. The van der Waals surface area contributed by atoms with Gasteiger partial charge in [0.2, 0.25) is 4.77 Å². The molecule has 1 aliphatic heterocycles. The van der Waals surface area contributed by atoms with Crippen molar-refractivity contribution >= 4 is 18.2 Å². The number of benzene rings is 1. The van der Waals surface area contributed by atoms with E-state index in [1.165, 1.54) is 4.90 Å². The van der Waals surface area contributed by atoms with E-state index in [0.29, 0.717) is 18.0 Å². The van der Waals surface area contributed by atoms with Gasteiger partial charge in [-0.1, -0.05) is 0 Å². The van der Waals surface area contributed by atoms with Crippen LogP contribution in [0.25, 0.3) is 11.4 Å². The molecule has 1 saturated heterocycles. The van der Waals surface area contributed by atoms with Crippen molar-refractivity contribution in [2.75, 3.05) is 26.8 Å². The topological polar surface area (TPSA) is 62.7 Å². The molecule has 0 spiro atoms.